The van der Waals surface area contributed by atoms with Crippen molar-refractivity contribution in [3.8, 4) is 17.3 Å². The molecular weight excluding hydrogens is 448 g/mol. The summed E-state index contributed by atoms with van der Waals surface area (Å²) in [4.78, 5) is 32.4. The molecule has 0 saturated carbocycles. The van der Waals surface area contributed by atoms with Crippen LogP contribution in [0.15, 0.2) is 36.4 Å². The van der Waals surface area contributed by atoms with Crippen molar-refractivity contribution in [3.63, 3.8) is 0 Å². The highest BCUT2D eigenvalue weighted by atomic mass is 16.6. The maximum Gasteiger partial charge on any atom is 0.408 e. The Morgan fingerprint density at radius 3 is 2.51 bits per heavy atom. The van der Waals surface area contributed by atoms with Crippen molar-refractivity contribution in [2.24, 2.45) is 7.05 Å². The number of rotatable bonds is 5. The van der Waals surface area contributed by atoms with Crippen molar-refractivity contribution >= 4 is 34.0 Å². The van der Waals surface area contributed by atoms with Crippen LogP contribution in [0.5, 0.6) is 5.75 Å². The van der Waals surface area contributed by atoms with E-state index in [0.29, 0.717) is 22.7 Å². The lowest BCUT2D eigenvalue weighted by Crippen LogP contribution is -2.34. The zero-order valence-corrected chi connectivity index (χ0v) is 21.0. The van der Waals surface area contributed by atoms with Crippen LogP contribution < -0.4 is 10.1 Å². The second-order valence-electron chi connectivity index (χ2n) is 9.43. The Hall–Kier alpha value is -4.01. The number of fused-ring (bicyclic) bond motifs is 2. The molecule has 1 unspecified atom stereocenters. The molecule has 9 heteroatoms. The van der Waals surface area contributed by atoms with Gasteiger partial charge in [-0.3, -0.25) is 0 Å². The van der Waals surface area contributed by atoms with E-state index in [1.807, 2.05) is 63.6 Å². The van der Waals surface area contributed by atoms with Crippen LogP contribution in [0, 0.1) is 0 Å². The molecule has 2 aromatic heterocycles. The van der Waals surface area contributed by atoms with E-state index >= 15 is 0 Å². The minimum atomic E-state index is -0.561. The Kier molecular flexibility index (Phi) is 6.19. The van der Waals surface area contributed by atoms with Crippen LogP contribution >= 0.6 is 0 Å². The third-order valence-electron chi connectivity index (χ3n) is 5.70. The lowest BCUT2D eigenvalue weighted by molar-refractivity contribution is 0.0507. The minimum absolute atomic E-state index is 0.238. The molecule has 1 amide bonds. The van der Waals surface area contributed by atoms with Crippen LogP contribution in [0.1, 0.15) is 49.7 Å². The largest absolute Gasteiger partial charge is 0.494 e. The van der Waals surface area contributed by atoms with Gasteiger partial charge in [0.25, 0.3) is 0 Å². The fourth-order valence-electron chi connectivity index (χ4n) is 4.04. The molecule has 0 aliphatic rings. The normalized spacial score (nSPS) is 12.5. The van der Waals surface area contributed by atoms with Gasteiger partial charge in [0.05, 0.1) is 37.0 Å². The van der Waals surface area contributed by atoms with Crippen LogP contribution in [0.3, 0.4) is 0 Å². The number of nitrogens with zero attached hydrogens (tertiary/aromatic N) is 2. The van der Waals surface area contributed by atoms with Gasteiger partial charge in [-0.25, -0.2) is 14.6 Å². The Labute approximate surface area is 203 Å². The number of methoxy groups -OCH3 is 2. The fourth-order valence-corrected chi connectivity index (χ4v) is 4.04. The van der Waals surface area contributed by atoms with Gasteiger partial charge < -0.3 is 29.1 Å². The van der Waals surface area contributed by atoms with E-state index in [-0.39, 0.29) is 6.04 Å². The average Bonchev–Trinajstić information content (AvgIpc) is 3.36. The van der Waals surface area contributed by atoms with Crippen molar-refractivity contribution in [2.45, 2.75) is 39.3 Å². The third-order valence-corrected chi connectivity index (χ3v) is 5.70. The molecule has 4 aromatic rings. The number of H-pyrrole nitrogens is 1. The van der Waals surface area contributed by atoms with Gasteiger partial charge in [-0.1, -0.05) is 12.1 Å². The van der Waals surface area contributed by atoms with Gasteiger partial charge in [-0.15, -0.1) is 0 Å². The average molecular weight is 479 g/mol. The van der Waals surface area contributed by atoms with Crippen molar-refractivity contribution in [3.05, 3.63) is 47.5 Å². The summed E-state index contributed by atoms with van der Waals surface area (Å²) in [7, 11) is 4.79. The first-order chi connectivity index (χ1) is 16.5. The van der Waals surface area contributed by atoms with Gasteiger partial charge in [0, 0.05) is 18.0 Å². The maximum atomic E-state index is 12.2. The van der Waals surface area contributed by atoms with Crippen molar-refractivity contribution in [1.29, 1.82) is 0 Å². The highest BCUT2D eigenvalue weighted by Gasteiger charge is 2.21. The first kappa shape index (κ1) is 24.1. The molecule has 2 heterocycles. The lowest BCUT2D eigenvalue weighted by Gasteiger charge is -2.22. The van der Waals surface area contributed by atoms with Crippen LogP contribution in [0.4, 0.5) is 4.79 Å². The number of carbonyl (C=O) groups is 2. The van der Waals surface area contributed by atoms with Crippen molar-refractivity contribution in [2.75, 3.05) is 14.2 Å². The van der Waals surface area contributed by atoms with Gasteiger partial charge in [0.2, 0.25) is 0 Å². The zero-order valence-electron chi connectivity index (χ0n) is 21.0. The quantitative estimate of drug-likeness (QED) is 0.386. The van der Waals surface area contributed by atoms with Crippen LogP contribution in [0.2, 0.25) is 0 Å². The summed E-state index contributed by atoms with van der Waals surface area (Å²) in [5, 5.41) is 3.87. The molecule has 2 aromatic carbocycles. The number of aromatic nitrogens is 3. The molecule has 0 radical (unpaired) electrons. The number of nitrogens with one attached hydrogen (secondary N) is 2. The molecule has 0 aliphatic carbocycles. The second kappa shape index (κ2) is 8.98. The summed E-state index contributed by atoms with van der Waals surface area (Å²) in [6.45, 7) is 7.40. The first-order valence-corrected chi connectivity index (χ1v) is 11.3. The molecule has 0 saturated heterocycles. The highest BCUT2D eigenvalue weighted by molar-refractivity contribution is 5.97. The number of alkyl carbamates (subject to hydrolysis) is 1. The predicted molar refractivity (Wildman–Crippen MR) is 134 cm³/mol. The van der Waals surface area contributed by atoms with E-state index in [4.69, 9.17) is 19.2 Å². The van der Waals surface area contributed by atoms with Crippen LogP contribution in [-0.4, -0.2) is 46.4 Å². The number of ether oxygens (including phenoxy) is 3. The number of hydrogen-bond donors (Lipinski definition) is 2. The standard InChI is InChI=1S/C26H30N4O5/c1-14(27-25(32)35-26(2,3)4)15-8-9-16-11-20(28-18(16)10-15)23-29-19-12-17(24(31)34-7)13-21(33-6)22(19)30(23)5/h8-14,28H,1-7H3,(H,27,32). The Balaban J connectivity index is 1.69. The van der Waals surface area contributed by atoms with E-state index in [1.165, 1.54) is 7.11 Å². The molecule has 2 N–H and O–H groups in total. The van der Waals surface area contributed by atoms with Gasteiger partial charge in [0.15, 0.2) is 5.82 Å². The Morgan fingerprint density at radius 1 is 1.11 bits per heavy atom. The molecule has 35 heavy (non-hydrogen) atoms. The number of esters is 1. The van der Waals surface area contributed by atoms with Gasteiger partial charge >= 0.3 is 12.1 Å². The number of imidazole rings is 1. The number of aromatic amines is 1. The Bertz CT molecular complexity index is 1430. The number of amides is 1. The molecule has 184 valence electrons. The monoisotopic (exact) mass is 478 g/mol. The van der Waals surface area contributed by atoms with Gasteiger partial charge in [-0.2, -0.15) is 0 Å². The topological polar surface area (TPSA) is 107 Å². The third kappa shape index (κ3) is 4.80. The van der Waals surface area contributed by atoms with Gasteiger partial charge in [-0.05, 0) is 57.5 Å². The number of benzene rings is 2. The highest BCUT2D eigenvalue weighted by Crippen LogP contribution is 2.33. The number of aryl methyl sites for hydroxylation is 1. The minimum Gasteiger partial charge on any atom is -0.494 e. The summed E-state index contributed by atoms with van der Waals surface area (Å²) < 4.78 is 17.7. The van der Waals surface area contributed by atoms with E-state index in [9.17, 15) is 9.59 Å². The molecule has 1 atom stereocenters. The molecule has 0 fully saturated rings. The van der Waals surface area contributed by atoms with Crippen LogP contribution in [-0.2, 0) is 16.5 Å². The summed E-state index contributed by atoms with van der Waals surface area (Å²) in [5.41, 5.74) is 3.85. The first-order valence-electron chi connectivity index (χ1n) is 11.3. The van der Waals surface area contributed by atoms with E-state index < -0.39 is 17.7 Å². The second-order valence-corrected chi connectivity index (χ2v) is 9.43. The lowest BCUT2D eigenvalue weighted by atomic mass is 10.1. The van der Waals surface area contributed by atoms with Crippen molar-refractivity contribution in [1.82, 2.24) is 19.9 Å². The fraction of sp³-hybridized carbons (Fsp3) is 0.346. The van der Waals surface area contributed by atoms with E-state index in [0.717, 1.165) is 27.7 Å². The maximum absolute atomic E-state index is 12.2. The smallest absolute Gasteiger partial charge is 0.408 e. The molecule has 4 rings (SSSR count). The molecule has 0 aliphatic heterocycles. The summed E-state index contributed by atoms with van der Waals surface area (Å²) in [5.74, 6) is 0.771. The number of hydrogen-bond acceptors (Lipinski definition) is 6. The predicted octanol–water partition coefficient (Wildman–Crippen LogP) is 5.10. The van der Waals surface area contributed by atoms with E-state index in [2.05, 4.69) is 10.3 Å². The molecule has 0 bridgehead atoms. The van der Waals surface area contributed by atoms with Crippen LogP contribution in [0.25, 0.3) is 33.5 Å². The Morgan fingerprint density at radius 2 is 1.86 bits per heavy atom. The molecule has 0 spiro atoms. The molecule has 9 nitrogen and oxygen atoms in total. The summed E-state index contributed by atoms with van der Waals surface area (Å²) >= 11 is 0. The van der Waals surface area contributed by atoms with Crippen molar-refractivity contribution < 1.29 is 23.8 Å². The summed E-state index contributed by atoms with van der Waals surface area (Å²) in [6.07, 6.45) is -0.461. The van der Waals surface area contributed by atoms with Gasteiger partial charge in [0.1, 0.15) is 16.9 Å². The van der Waals surface area contributed by atoms with E-state index in [1.54, 1.807) is 19.2 Å². The number of carbonyl (C=O) groups excluding carboxylic acids is 2. The zero-order chi connectivity index (χ0) is 25.5. The summed E-state index contributed by atoms with van der Waals surface area (Å²) in [6, 6.07) is 11.1. The SMILES string of the molecule is COC(=O)c1cc(OC)c2c(c1)nc(-c1cc3ccc(C(C)NC(=O)OC(C)(C)C)cc3[nH]1)n2C. The molecular formula is C26H30N4O5.